The third-order valence-corrected chi connectivity index (χ3v) is 5.64. The highest BCUT2D eigenvalue weighted by atomic mass is 35.5. The van der Waals surface area contributed by atoms with Gasteiger partial charge < -0.3 is 14.9 Å². The number of benzene rings is 2. The summed E-state index contributed by atoms with van der Waals surface area (Å²) in [5, 5.41) is 28.5. The van der Waals surface area contributed by atoms with E-state index < -0.39 is 43.8 Å². The Morgan fingerprint density at radius 1 is 1.08 bits per heavy atom. The topological polar surface area (TPSA) is 120 Å². The van der Waals surface area contributed by atoms with Crippen molar-refractivity contribution >= 4 is 11.6 Å². The molecule has 16 heteroatoms. The first kappa shape index (κ1) is 28.2. The van der Waals surface area contributed by atoms with Crippen LogP contribution < -0.4 is 10.4 Å². The van der Waals surface area contributed by atoms with Gasteiger partial charge in [-0.05, 0) is 43.3 Å². The molecule has 0 saturated carbocycles. The quantitative estimate of drug-likeness (QED) is 0.293. The maximum absolute atomic E-state index is 13.1. The molecule has 0 saturated heterocycles. The summed E-state index contributed by atoms with van der Waals surface area (Å²) in [6.45, 7) is -3.26. The summed E-state index contributed by atoms with van der Waals surface area (Å²) in [6, 6.07) is 11.2. The van der Waals surface area contributed by atoms with Gasteiger partial charge in [-0.25, -0.2) is 19.1 Å². The van der Waals surface area contributed by atoms with Gasteiger partial charge in [-0.3, -0.25) is 4.57 Å². The number of aromatic nitrogens is 6. The van der Waals surface area contributed by atoms with Crippen molar-refractivity contribution in [3.05, 3.63) is 75.7 Å². The molecule has 4 rings (SSSR count). The van der Waals surface area contributed by atoms with E-state index in [1.54, 1.807) is 0 Å². The van der Waals surface area contributed by atoms with Crippen LogP contribution in [0, 0.1) is 0 Å². The number of rotatable bonds is 9. The zero-order valence-corrected chi connectivity index (χ0v) is 20.7. The standard InChI is InChI=1S/C23H20ClF5N6O4/c1-12(36)19-30-18(31-35(19)15-3-2-4-16(9-15)39-21(25)26)11-34-22(38)33(10-17(37)23(27,28)29)20(32-34)13-5-7-14(24)8-6-13/h2-9,12,17,21,36-37H,10-11H2,1H3/t12?,17-/m0/s1. The second kappa shape index (κ2) is 11.1. The first-order chi connectivity index (χ1) is 18.3. The van der Waals surface area contributed by atoms with E-state index in [0.717, 1.165) is 9.36 Å². The van der Waals surface area contributed by atoms with Crippen LogP contribution in [-0.2, 0) is 13.1 Å². The van der Waals surface area contributed by atoms with Crippen LogP contribution in [0.25, 0.3) is 17.1 Å². The Bertz CT molecular complexity index is 1500. The van der Waals surface area contributed by atoms with Gasteiger partial charge in [0.15, 0.2) is 23.6 Å². The summed E-state index contributed by atoms with van der Waals surface area (Å²) >= 11 is 5.89. The molecular formula is C23H20ClF5N6O4. The molecule has 2 aromatic carbocycles. The molecular weight excluding hydrogens is 555 g/mol. The lowest BCUT2D eigenvalue weighted by molar-refractivity contribution is -0.207. The molecule has 0 aliphatic carbocycles. The molecule has 0 spiro atoms. The van der Waals surface area contributed by atoms with Gasteiger partial charge in [0.25, 0.3) is 0 Å². The van der Waals surface area contributed by atoms with Crippen LogP contribution >= 0.6 is 11.6 Å². The number of hydrogen-bond acceptors (Lipinski definition) is 7. The number of aliphatic hydroxyl groups is 2. The molecule has 2 atom stereocenters. The molecule has 0 aliphatic rings. The predicted molar refractivity (Wildman–Crippen MR) is 127 cm³/mol. The van der Waals surface area contributed by atoms with E-state index >= 15 is 0 Å². The summed E-state index contributed by atoms with van der Waals surface area (Å²) in [6.07, 6.45) is -9.03. The lowest BCUT2D eigenvalue weighted by Gasteiger charge is -2.15. The Labute approximate surface area is 221 Å². The van der Waals surface area contributed by atoms with Crippen molar-refractivity contribution in [1.29, 1.82) is 0 Å². The van der Waals surface area contributed by atoms with Crippen molar-refractivity contribution in [2.45, 2.75) is 45.0 Å². The van der Waals surface area contributed by atoms with E-state index in [1.807, 2.05) is 0 Å². The van der Waals surface area contributed by atoms with Crippen molar-refractivity contribution in [3.63, 3.8) is 0 Å². The zero-order chi connectivity index (χ0) is 28.5. The number of alkyl halides is 5. The monoisotopic (exact) mass is 574 g/mol. The molecule has 39 heavy (non-hydrogen) atoms. The van der Waals surface area contributed by atoms with Crippen LogP contribution in [0.1, 0.15) is 24.7 Å². The third kappa shape index (κ3) is 6.43. The number of aliphatic hydroxyl groups excluding tert-OH is 2. The Kier molecular flexibility index (Phi) is 8.04. The normalized spacial score (nSPS) is 13.6. The van der Waals surface area contributed by atoms with Crippen molar-refractivity contribution < 1.29 is 36.9 Å². The highest BCUT2D eigenvalue weighted by Crippen LogP contribution is 2.25. The van der Waals surface area contributed by atoms with Crippen molar-refractivity contribution in [3.8, 4) is 22.8 Å². The molecule has 4 aromatic rings. The molecule has 208 valence electrons. The van der Waals surface area contributed by atoms with E-state index in [0.29, 0.717) is 9.59 Å². The van der Waals surface area contributed by atoms with Crippen LogP contribution in [0.2, 0.25) is 5.02 Å². The summed E-state index contributed by atoms with van der Waals surface area (Å²) in [7, 11) is 0. The van der Waals surface area contributed by atoms with Gasteiger partial charge in [0.2, 0.25) is 0 Å². The first-order valence-corrected chi connectivity index (χ1v) is 11.6. The zero-order valence-electron chi connectivity index (χ0n) is 19.9. The van der Waals surface area contributed by atoms with Crippen molar-refractivity contribution in [1.82, 2.24) is 29.1 Å². The van der Waals surface area contributed by atoms with E-state index in [2.05, 4.69) is 19.9 Å². The average Bonchev–Trinajstić information content (AvgIpc) is 3.41. The minimum atomic E-state index is -4.99. The van der Waals surface area contributed by atoms with Crippen LogP contribution in [0.5, 0.6) is 5.75 Å². The number of halogens is 6. The van der Waals surface area contributed by atoms with Crippen molar-refractivity contribution in [2.24, 2.45) is 0 Å². The average molecular weight is 575 g/mol. The van der Waals surface area contributed by atoms with Crippen molar-refractivity contribution in [2.75, 3.05) is 0 Å². The van der Waals surface area contributed by atoms with Gasteiger partial charge in [0, 0.05) is 16.7 Å². The Balaban J connectivity index is 1.74. The van der Waals surface area contributed by atoms with E-state index in [1.165, 1.54) is 55.5 Å². The summed E-state index contributed by atoms with van der Waals surface area (Å²) in [4.78, 5) is 17.3. The van der Waals surface area contributed by atoms with Crippen LogP contribution in [0.3, 0.4) is 0 Å². The molecule has 0 amide bonds. The Hall–Kier alpha value is -3.82. The molecule has 2 N–H and O–H groups in total. The van der Waals surface area contributed by atoms with Gasteiger partial charge in [0.1, 0.15) is 18.4 Å². The summed E-state index contributed by atoms with van der Waals surface area (Å²) in [5.41, 5.74) is -0.537. The van der Waals surface area contributed by atoms with Gasteiger partial charge in [-0.15, -0.1) is 10.2 Å². The fourth-order valence-corrected chi connectivity index (χ4v) is 3.74. The largest absolute Gasteiger partial charge is 0.435 e. The molecule has 0 aliphatic heterocycles. The molecule has 1 unspecified atom stereocenters. The van der Waals surface area contributed by atoms with Gasteiger partial charge in [0.05, 0.1) is 12.2 Å². The number of nitrogens with zero attached hydrogens (tertiary/aromatic N) is 6. The van der Waals surface area contributed by atoms with Gasteiger partial charge >= 0.3 is 18.5 Å². The number of ether oxygens (including phenoxy) is 1. The lowest BCUT2D eigenvalue weighted by Crippen LogP contribution is -2.37. The molecule has 0 radical (unpaired) electrons. The Morgan fingerprint density at radius 3 is 2.38 bits per heavy atom. The maximum atomic E-state index is 13.1. The molecule has 0 bridgehead atoms. The fraction of sp³-hybridized carbons (Fsp3) is 0.304. The van der Waals surface area contributed by atoms with Crippen LogP contribution in [0.15, 0.2) is 53.3 Å². The molecule has 2 aromatic heterocycles. The molecule has 0 fully saturated rings. The minimum absolute atomic E-state index is 0.0166. The second-order valence-electron chi connectivity index (χ2n) is 8.29. The van der Waals surface area contributed by atoms with E-state index in [4.69, 9.17) is 11.6 Å². The third-order valence-electron chi connectivity index (χ3n) is 5.39. The second-order valence-corrected chi connectivity index (χ2v) is 8.73. The smallest absolute Gasteiger partial charge is 0.416 e. The van der Waals surface area contributed by atoms with Crippen LogP contribution in [-0.4, -0.2) is 58.2 Å². The predicted octanol–water partition coefficient (Wildman–Crippen LogP) is 3.57. The molecule has 2 heterocycles. The molecule has 10 nitrogen and oxygen atoms in total. The van der Waals surface area contributed by atoms with Gasteiger partial charge in [-0.1, -0.05) is 17.7 Å². The summed E-state index contributed by atoms with van der Waals surface area (Å²) < 4.78 is 71.5. The Morgan fingerprint density at radius 2 is 1.77 bits per heavy atom. The highest BCUT2D eigenvalue weighted by Gasteiger charge is 2.39. The van der Waals surface area contributed by atoms with Crippen LogP contribution in [0.4, 0.5) is 22.0 Å². The minimum Gasteiger partial charge on any atom is -0.435 e. The van der Waals surface area contributed by atoms with E-state index in [-0.39, 0.29) is 34.5 Å². The maximum Gasteiger partial charge on any atom is 0.416 e. The fourth-order valence-electron chi connectivity index (χ4n) is 3.62. The van der Waals surface area contributed by atoms with Gasteiger partial charge in [-0.2, -0.15) is 22.0 Å². The SMILES string of the molecule is CC(O)c1nc(Cn2nc(-c3ccc(Cl)cc3)n(C[C@H](O)C(F)(F)F)c2=O)nn1-c1cccc(OC(F)F)c1. The van der Waals surface area contributed by atoms with E-state index in [9.17, 15) is 37.0 Å². The summed E-state index contributed by atoms with van der Waals surface area (Å²) in [5.74, 6) is -0.442. The first-order valence-electron chi connectivity index (χ1n) is 11.2. The highest BCUT2D eigenvalue weighted by molar-refractivity contribution is 6.30. The lowest BCUT2D eigenvalue weighted by atomic mass is 10.2. The number of hydrogen-bond donors (Lipinski definition) is 2.